The normalized spacial score (nSPS) is 20.9. The Kier molecular flexibility index (Phi) is 6.62. The van der Waals surface area contributed by atoms with Crippen molar-refractivity contribution in [3.05, 3.63) is 51.5 Å². The number of H-pyrrole nitrogens is 1. The molecule has 37 heavy (non-hydrogen) atoms. The fraction of sp³-hybridized carbons (Fsp3) is 0.444. The molecule has 10 heteroatoms. The summed E-state index contributed by atoms with van der Waals surface area (Å²) < 4.78 is 38.9. The first-order valence-corrected chi connectivity index (χ1v) is 13.1. The number of nitriles is 1. The first-order valence-electron chi connectivity index (χ1n) is 12.3. The molecule has 0 saturated carbocycles. The maximum absolute atomic E-state index is 13.0. The third-order valence-electron chi connectivity index (χ3n) is 7.69. The predicted molar refractivity (Wildman–Crippen MR) is 142 cm³/mol. The summed E-state index contributed by atoms with van der Waals surface area (Å²) in [6, 6.07) is 9.86. The monoisotopic (exact) mass is 526 g/mol. The van der Waals surface area contributed by atoms with E-state index in [9.17, 15) is 18.4 Å². The van der Waals surface area contributed by atoms with E-state index in [0.717, 1.165) is 67.8 Å². The van der Waals surface area contributed by atoms with Crippen LogP contribution in [0, 0.1) is 23.7 Å². The number of benzene rings is 1. The van der Waals surface area contributed by atoms with Crippen molar-refractivity contribution in [3.8, 4) is 6.07 Å². The fourth-order valence-corrected chi connectivity index (χ4v) is 6.89. The summed E-state index contributed by atoms with van der Waals surface area (Å²) in [5, 5.41) is 10.8. The number of aromatic nitrogens is 1. The number of hydrogen-bond acceptors (Lipinski definition) is 5. The molecule has 2 aromatic heterocycles. The van der Waals surface area contributed by atoms with Gasteiger partial charge in [-0.15, -0.1) is 11.3 Å². The van der Waals surface area contributed by atoms with Crippen LogP contribution < -0.4 is 0 Å². The Bertz CT molecular complexity index is 1410. The van der Waals surface area contributed by atoms with Crippen LogP contribution in [0.15, 0.2) is 34.3 Å². The van der Waals surface area contributed by atoms with Crippen molar-refractivity contribution in [2.45, 2.75) is 38.9 Å². The number of amidine groups is 1. The van der Waals surface area contributed by atoms with Gasteiger partial charge in [-0.3, -0.25) is 14.9 Å². The number of halogens is 3. The van der Waals surface area contributed by atoms with Crippen LogP contribution >= 0.6 is 11.3 Å². The molecule has 194 valence electrons. The van der Waals surface area contributed by atoms with Crippen LogP contribution in [-0.2, 0) is 13.0 Å². The van der Waals surface area contributed by atoms with Crippen molar-refractivity contribution in [1.29, 1.82) is 5.26 Å². The summed E-state index contributed by atoms with van der Waals surface area (Å²) in [5.41, 5.74) is 4.77. The van der Waals surface area contributed by atoms with Crippen LogP contribution in [0.3, 0.4) is 0 Å². The molecule has 2 saturated heterocycles. The molecule has 4 heterocycles. The van der Waals surface area contributed by atoms with Gasteiger partial charge in [0.25, 0.3) is 0 Å². The molecule has 6 nitrogen and oxygen atoms in total. The average Bonchev–Trinajstić information content (AvgIpc) is 3.63. The van der Waals surface area contributed by atoms with Crippen molar-refractivity contribution in [3.63, 3.8) is 0 Å². The molecule has 0 radical (unpaired) electrons. The van der Waals surface area contributed by atoms with Gasteiger partial charge >= 0.3 is 6.18 Å². The smallest absolute Gasteiger partial charge is 0.356 e. The average molecular weight is 527 g/mol. The molecule has 0 bridgehead atoms. The highest BCUT2D eigenvalue weighted by Crippen LogP contribution is 2.42. The SMILES string of the molecule is C=Nc1sc(CC(F)(F)F)cc1C(=NC)N1CC[C@@]2(CCN(Cc3ccc4[nH]c(C#N)cc4c3C)C2)C1. The van der Waals surface area contributed by atoms with E-state index >= 15 is 0 Å². The molecule has 1 spiro atoms. The number of thiophene rings is 1. The lowest BCUT2D eigenvalue weighted by molar-refractivity contribution is -0.126. The lowest BCUT2D eigenvalue weighted by atomic mass is 9.86. The second-order valence-electron chi connectivity index (χ2n) is 10.2. The van der Waals surface area contributed by atoms with Gasteiger partial charge in [0.1, 0.15) is 22.6 Å². The number of hydrogen-bond donors (Lipinski definition) is 1. The summed E-state index contributed by atoms with van der Waals surface area (Å²) in [7, 11) is 1.69. The van der Waals surface area contributed by atoms with Crippen LogP contribution in [0.25, 0.3) is 10.9 Å². The first kappa shape index (κ1) is 25.5. The Morgan fingerprint density at radius 1 is 1.24 bits per heavy atom. The Labute approximate surface area is 218 Å². The Morgan fingerprint density at radius 3 is 2.73 bits per heavy atom. The Morgan fingerprint density at radius 2 is 2.03 bits per heavy atom. The zero-order chi connectivity index (χ0) is 26.4. The second kappa shape index (κ2) is 9.62. The van der Waals surface area contributed by atoms with Crippen molar-refractivity contribution in [2.24, 2.45) is 15.4 Å². The Balaban J connectivity index is 1.29. The topological polar surface area (TPSA) is 70.8 Å². The standard InChI is InChI=1S/C27H29F3N6S/c1-17-18(4-5-23-21(17)10-19(13-31)34-23)14-35-8-6-26(15-35)7-9-36(16-26)24(32-2)22-11-20(12-27(28,29)30)37-25(22)33-3/h4-5,10-11,34H,3,6-9,12,14-16H2,1-2H3/t26-/m1/s1. The largest absolute Gasteiger partial charge is 0.393 e. The van der Waals surface area contributed by atoms with E-state index in [1.165, 1.54) is 11.1 Å². The molecular formula is C27H29F3N6S. The van der Waals surface area contributed by atoms with E-state index in [1.807, 2.05) is 12.1 Å². The van der Waals surface area contributed by atoms with Crippen molar-refractivity contribution < 1.29 is 13.2 Å². The van der Waals surface area contributed by atoms with Gasteiger partial charge in [0.15, 0.2) is 0 Å². The van der Waals surface area contributed by atoms with Crippen LogP contribution in [0.1, 0.15) is 40.1 Å². The van der Waals surface area contributed by atoms with Gasteiger partial charge in [-0.05, 0) is 62.4 Å². The summed E-state index contributed by atoms with van der Waals surface area (Å²) in [6.45, 7) is 10.1. The molecule has 1 N–H and O–H groups in total. The highest BCUT2D eigenvalue weighted by atomic mass is 32.1. The number of aryl methyl sites for hydroxylation is 1. The summed E-state index contributed by atoms with van der Waals surface area (Å²) >= 11 is 1.03. The number of nitrogens with one attached hydrogen (secondary N) is 1. The summed E-state index contributed by atoms with van der Waals surface area (Å²) in [5.74, 6) is 0.699. The maximum atomic E-state index is 13.0. The van der Waals surface area contributed by atoms with Crippen LogP contribution in [-0.4, -0.2) is 66.7 Å². The molecular weight excluding hydrogens is 497 g/mol. The van der Waals surface area contributed by atoms with E-state index < -0.39 is 12.6 Å². The number of alkyl halides is 3. The summed E-state index contributed by atoms with van der Waals surface area (Å²) in [4.78, 5) is 16.6. The first-order chi connectivity index (χ1) is 17.6. The minimum atomic E-state index is -4.27. The molecule has 0 unspecified atom stereocenters. The number of fused-ring (bicyclic) bond motifs is 1. The molecule has 2 aliphatic rings. The van der Waals surface area contributed by atoms with Gasteiger partial charge in [-0.2, -0.15) is 18.4 Å². The zero-order valence-corrected chi connectivity index (χ0v) is 21.8. The van der Waals surface area contributed by atoms with Crippen molar-refractivity contribution >= 4 is 39.8 Å². The van der Waals surface area contributed by atoms with E-state index in [0.29, 0.717) is 22.1 Å². The van der Waals surface area contributed by atoms with Gasteiger partial charge in [0.2, 0.25) is 0 Å². The second-order valence-corrected chi connectivity index (χ2v) is 11.3. The van der Waals surface area contributed by atoms with Gasteiger partial charge in [0, 0.05) is 54.4 Å². The highest BCUT2D eigenvalue weighted by Gasteiger charge is 2.44. The molecule has 0 amide bonds. The minimum Gasteiger partial charge on any atom is -0.356 e. The van der Waals surface area contributed by atoms with Gasteiger partial charge in [-0.25, -0.2) is 0 Å². The van der Waals surface area contributed by atoms with Crippen LogP contribution in [0.5, 0.6) is 0 Å². The third kappa shape index (κ3) is 5.03. The zero-order valence-electron chi connectivity index (χ0n) is 21.0. The maximum Gasteiger partial charge on any atom is 0.393 e. The molecule has 5 rings (SSSR count). The van der Waals surface area contributed by atoms with Gasteiger partial charge < -0.3 is 9.88 Å². The summed E-state index contributed by atoms with van der Waals surface area (Å²) in [6.07, 6.45) is -3.15. The predicted octanol–water partition coefficient (Wildman–Crippen LogP) is 5.82. The van der Waals surface area contributed by atoms with Gasteiger partial charge in [0.05, 0.1) is 12.0 Å². The van der Waals surface area contributed by atoms with E-state index in [2.05, 4.69) is 50.5 Å². The van der Waals surface area contributed by atoms with Crippen LogP contribution in [0.4, 0.5) is 18.2 Å². The number of rotatable bonds is 5. The van der Waals surface area contributed by atoms with Gasteiger partial charge in [-0.1, -0.05) is 6.07 Å². The number of likely N-dealkylation sites (tertiary alicyclic amines) is 2. The van der Waals surface area contributed by atoms with E-state index in [4.69, 9.17) is 0 Å². The molecule has 2 aliphatic heterocycles. The lowest BCUT2D eigenvalue weighted by Crippen LogP contribution is -2.34. The molecule has 1 aromatic carbocycles. The fourth-order valence-electron chi connectivity index (χ4n) is 5.90. The molecule has 2 fully saturated rings. The minimum absolute atomic E-state index is 0.128. The third-order valence-corrected chi connectivity index (χ3v) is 8.76. The quantitative estimate of drug-likeness (QED) is 0.336. The lowest BCUT2D eigenvalue weighted by Gasteiger charge is -2.26. The van der Waals surface area contributed by atoms with Crippen LogP contribution in [0.2, 0.25) is 0 Å². The number of aliphatic imine (C=N–C) groups is 2. The Hall–Kier alpha value is -3.16. The van der Waals surface area contributed by atoms with E-state index in [-0.39, 0.29) is 10.3 Å². The van der Waals surface area contributed by atoms with Crippen molar-refractivity contribution in [2.75, 3.05) is 33.2 Å². The number of nitrogens with zero attached hydrogens (tertiary/aromatic N) is 5. The van der Waals surface area contributed by atoms with Crippen molar-refractivity contribution in [1.82, 2.24) is 14.8 Å². The molecule has 0 aliphatic carbocycles. The molecule has 3 aromatic rings. The highest BCUT2D eigenvalue weighted by molar-refractivity contribution is 7.16. The number of aromatic amines is 1. The molecule has 1 atom stereocenters. The van der Waals surface area contributed by atoms with E-state index in [1.54, 1.807) is 13.1 Å².